The molecule has 1 aromatic heterocycles. The standard InChI is InChI=1S/C17H19N/c1-4-6-9-14(5-2)16-12-13(3)18-17-11-8-7-10-15(16)17/h5-12H,4H2,1-3H3/b9-6-,14-5+. The number of hydrogen-bond acceptors (Lipinski definition) is 1. The minimum atomic E-state index is 1.05. The SMILES string of the molecule is C/C=C(\C=C/CC)c1cc(C)nc2ccccc12. The van der Waals surface area contributed by atoms with Gasteiger partial charge >= 0.3 is 0 Å². The van der Waals surface area contributed by atoms with Crippen LogP contribution < -0.4 is 0 Å². The fourth-order valence-corrected chi connectivity index (χ4v) is 2.13. The Hall–Kier alpha value is -1.89. The molecule has 0 unspecified atom stereocenters. The van der Waals surface area contributed by atoms with Crippen molar-refractivity contribution in [3.8, 4) is 0 Å². The summed E-state index contributed by atoms with van der Waals surface area (Å²) in [6.45, 7) is 6.28. The van der Waals surface area contributed by atoms with Crippen molar-refractivity contribution in [2.45, 2.75) is 27.2 Å². The second-order valence-electron chi connectivity index (χ2n) is 4.38. The van der Waals surface area contributed by atoms with Crippen LogP contribution >= 0.6 is 0 Å². The summed E-state index contributed by atoms with van der Waals surface area (Å²) in [6, 6.07) is 10.5. The number of pyridine rings is 1. The molecule has 1 aromatic carbocycles. The number of fused-ring (bicyclic) bond motifs is 1. The molecule has 0 saturated carbocycles. The number of benzene rings is 1. The van der Waals surface area contributed by atoms with E-state index in [1.54, 1.807) is 0 Å². The second-order valence-corrected chi connectivity index (χ2v) is 4.38. The number of allylic oxidation sites excluding steroid dienone is 4. The molecule has 0 atom stereocenters. The molecule has 92 valence electrons. The summed E-state index contributed by atoms with van der Waals surface area (Å²) >= 11 is 0. The van der Waals surface area contributed by atoms with Crippen molar-refractivity contribution >= 4 is 16.5 Å². The predicted molar refractivity (Wildman–Crippen MR) is 79.6 cm³/mol. The Kier molecular flexibility index (Phi) is 3.93. The Morgan fingerprint density at radius 3 is 2.78 bits per heavy atom. The summed E-state index contributed by atoms with van der Waals surface area (Å²) in [7, 11) is 0. The van der Waals surface area contributed by atoms with E-state index in [0.717, 1.165) is 17.6 Å². The lowest BCUT2D eigenvalue weighted by atomic mass is 9.99. The van der Waals surface area contributed by atoms with Crippen LogP contribution in [0.1, 0.15) is 31.5 Å². The lowest BCUT2D eigenvalue weighted by Gasteiger charge is -2.08. The maximum absolute atomic E-state index is 4.58. The monoisotopic (exact) mass is 237 g/mol. The van der Waals surface area contributed by atoms with Crippen molar-refractivity contribution in [1.82, 2.24) is 4.98 Å². The van der Waals surface area contributed by atoms with Crippen LogP contribution in [0.2, 0.25) is 0 Å². The molecule has 0 N–H and O–H groups in total. The quantitative estimate of drug-likeness (QED) is 0.691. The van der Waals surface area contributed by atoms with Crippen molar-refractivity contribution in [3.05, 3.63) is 59.8 Å². The van der Waals surface area contributed by atoms with Crippen molar-refractivity contribution in [3.63, 3.8) is 0 Å². The summed E-state index contributed by atoms with van der Waals surface area (Å²) in [5, 5.41) is 1.22. The van der Waals surface area contributed by atoms with Crippen molar-refractivity contribution in [2.24, 2.45) is 0 Å². The molecule has 1 heterocycles. The Bertz CT molecular complexity index is 606. The van der Waals surface area contributed by atoms with E-state index in [1.807, 2.05) is 13.0 Å². The van der Waals surface area contributed by atoms with E-state index in [0.29, 0.717) is 0 Å². The zero-order chi connectivity index (χ0) is 13.0. The average molecular weight is 237 g/mol. The Labute approximate surface area is 109 Å². The van der Waals surface area contributed by atoms with Gasteiger partial charge in [-0.1, -0.05) is 43.4 Å². The molecule has 0 bridgehead atoms. The number of para-hydroxylation sites is 1. The third-order valence-corrected chi connectivity index (χ3v) is 3.00. The summed E-state index contributed by atoms with van der Waals surface area (Å²) < 4.78 is 0. The number of aryl methyl sites for hydroxylation is 1. The molecule has 0 radical (unpaired) electrons. The average Bonchev–Trinajstić information content (AvgIpc) is 2.39. The van der Waals surface area contributed by atoms with Crippen LogP contribution in [0.25, 0.3) is 16.5 Å². The van der Waals surface area contributed by atoms with Gasteiger partial charge in [0, 0.05) is 11.1 Å². The molecule has 0 amide bonds. The van der Waals surface area contributed by atoms with E-state index in [9.17, 15) is 0 Å². The lowest BCUT2D eigenvalue weighted by molar-refractivity contribution is 1.22. The Morgan fingerprint density at radius 1 is 1.28 bits per heavy atom. The molecule has 0 aliphatic carbocycles. The third kappa shape index (κ3) is 2.51. The van der Waals surface area contributed by atoms with Gasteiger partial charge in [-0.25, -0.2) is 0 Å². The van der Waals surface area contributed by atoms with E-state index in [2.05, 4.69) is 61.3 Å². The molecular weight excluding hydrogens is 218 g/mol. The van der Waals surface area contributed by atoms with Gasteiger partial charge in [0.1, 0.15) is 0 Å². The highest BCUT2D eigenvalue weighted by Crippen LogP contribution is 2.25. The minimum absolute atomic E-state index is 1.05. The van der Waals surface area contributed by atoms with Crippen LogP contribution in [0.15, 0.2) is 48.6 Å². The fourth-order valence-electron chi connectivity index (χ4n) is 2.13. The van der Waals surface area contributed by atoms with E-state index in [4.69, 9.17) is 0 Å². The van der Waals surface area contributed by atoms with Crippen LogP contribution in [0.5, 0.6) is 0 Å². The van der Waals surface area contributed by atoms with Gasteiger partial charge in [0.15, 0.2) is 0 Å². The summed E-state index contributed by atoms with van der Waals surface area (Å²) in [5.41, 5.74) is 4.66. The normalized spacial score (nSPS) is 12.5. The Morgan fingerprint density at radius 2 is 2.06 bits per heavy atom. The molecule has 0 saturated heterocycles. The Balaban J connectivity index is 2.65. The second kappa shape index (κ2) is 5.63. The first-order valence-corrected chi connectivity index (χ1v) is 6.46. The van der Waals surface area contributed by atoms with E-state index < -0.39 is 0 Å². The largest absolute Gasteiger partial charge is 0.253 e. The molecule has 0 spiro atoms. The van der Waals surface area contributed by atoms with Crippen LogP contribution in [-0.2, 0) is 0 Å². The number of aromatic nitrogens is 1. The highest BCUT2D eigenvalue weighted by Gasteiger charge is 2.05. The third-order valence-electron chi connectivity index (χ3n) is 3.00. The van der Waals surface area contributed by atoms with E-state index in [-0.39, 0.29) is 0 Å². The van der Waals surface area contributed by atoms with Gasteiger partial charge in [-0.3, -0.25) is 4.98 Å². The first kappa shape index (κ1) is 12.6. The molecule has 1 nitrogen and oxygen atoms in total. The molecule has 0 fully saturated rings. The van der Waals surface area contributed by atoms with Crippen molar-refractivity contribution in [2.75, 3.05) is 0 Å². The zero-order valence-corrected chi connectivity index (χ0v) is 11.3. The van der Waals surface area contributed by atoms with Gasteiger partial charge in [-0.2, -0.15) is 0 Å². The molecule has 0 aliphatic rings. The van der Waals surface area contributed by atoms with Crippen molar-refractivity contribution in [1.29, 1.82) is 0 Å². The maximum atomic E-state index is 4.58. The smallest absolute Gasteiger partial charge is 0.0711 e. The van der Waals surface area contributed by atoms with Gasteiger partial charge in [0.05, 0.1) is 5.52 Å². The highest BCUT2D eigenvalue weighted by molar-refractivity contribution is 5.94. The number of nitrogens with zero attached hydrogens (tertiary/aromatic N) is 1. The van der Waals surface area contributed by atoms with Gasteiger partial charge in [0.25, 0.3) is 0 Å². The van der Waals surface area contributed by atoms with Crippen LogP contribution in [-0.4, -0.2) is 4.98 Å². The molecule has 18 heavy (non-hydrogen) atoms. The first-order chi connectivity index (χ1) is 8.76. The number of hydrogen-bond donors (Lipinski definition) is 0. The fraction of sp³-hybridized carbons (Fsp3) is 0.235. The van der Waals surface area contributed by atoms with E-state index in [1.165, 1.54) is 16.5 Å². The molecule has 0 aliphatic heterocycles. The predicted octanol–water partition coefficient (Wildman–Crippen LogP) is 4.91. The zero-order valence-electron chi connectivity index (χ0n) is 11.3. The maximum Gasteiger partial charge on any atom is 0.0711 e. The topological polar surface area (TPSA) is 12.9 Å². The van der Waals surface area contributed by atoms with Gasteiger partial charge in [-0.05, 0) is 43.5 Å². The van der Waals surface area contributed by atoms with Crippen LogP contribution in [0.3, 0.4) is 0 Å². The number of rotatable bonds is 3. The minimum Gasteiger partial charge on any atom is -0.253 e. The first-order valence-electron chi connectivity index (χ1n) is 6.46. The molecule has 1 heteroatoms. The van der Waals surface area contributed by atoms with Gasteiger partial charge < -0.3 is 0 Å². The van der Waals surface area contributed by atoms with Gasteiger partial charge in [-0.15, -0.1) is 0 Å². The highest BCUT2D eigenvalue weighted by atomic mass is 14.7. The summed E-state index contributed by atoms with van der Waals surface area (Å²) in [6.07, 6.45) is 7.60. The molecular formula is C17H19N. The van der Waals surface area contributed by atoms with Crippen LogP contribution in [0, 0.1) is 6.92 Å². The summed E-state index contributed by atoms with van der Waals surface area (Å²) in [4.78, 5) is 4.58. The molecule has 2 rings (SSSR count). The molecule has 2 aromatic rings. The van der Waals surface area contributed by atoms with Crippen molar-refractivity contribution < 1.29 is 0 Å². The van der Waals surface area contributed by atoms with Gasteiger partial charge in [0.2, 0.25) is 0 Å². The van der Waals surface area contributed by atoms with Crippen LogP contribution in [0.4, 0.5) is 0 Å². The lowest BCUT2D eigenvalue weighted by Crippen LogP contribution is -1.90. The van der Waals surface area contributed by atoms with E-state index >= 15 is 0 Å². The summed E-state index contributed by atoms with van der Waals surface area (Å²) in [5.74, 6) is 0.